The number of hydrogen-bond donors (Lipinski definition) is 1. The number of hydrogen-bond acceptors (Lipinski definition) is 2. The van der Waals surface area contributed by atoms with E-state index in [9.17, 15) is 0 Å². The molecule has 0 atom stereocenters. The van der Waals surface area contributed by atoms with Crippen molar-refractivity contribution in [3.8, 4) is 0 Å². The van der Waals surface area contributed by atoms with Crippen molar-refractivity contribution in [3.63, 3.8) is 0 Å². The molecule has 1 heterocycles. The van der Waals surface area contributed by atoms with Crippen LogP contribution in [0, 0.1) is 5.41 Å². The fraction of sp³-hybridized carbons (Fsp3) is 0. The van der Waals surface area contributed by atoms with Gasteiger partial charge < -0.3 is 9.83 Å². The van der Waals surface area contributed by atoms with E-state index in [1.54, 1.807) is 12.3 Å². The molecule has 2 aromatic rings. The highest BCUT2D eigenvalue weighted by Crippen LogP contribution is 2.21. The van der Waals surface area contributed by atoms with Gasteiger partial charge in [-0.3, -0.25) is 0 Å². The number of nitrogens with one attached hydrogen (secondary N) is 1. The Morgan fingerprint density at radius 1 is 1.23 bits per heavy atom. The van der Waals surface area contributed by atoms with E-state index in [-0.39, 0.29) is 0 Å². The molecule has 0 fully saturated rings. The fourth-order valence-electron chi connectivity index (χ4n) is 1.28. The molecule has 0 aliphatic heterocycles. The molecule has 0 radical (unpaired) electrons. The standard InChI is InChI=1S/C11H9NO/c12-7-3-4-9-8-13-11-6-2-1-5-10(9)11/h1-8,12H/b4-3-,12-7?. The van der Waals surface area contributed by atoms with Crippen LogP contribution < -0.4 is 0 Å². The van der Waals surface area contributed by atoms with Crippen molar-refractivity contribution in [2.24, 2.45) is 0 Å². The van der Waals surface area contributed by atoms with Crippen molar-refractivity contribution in [2.45, 2.75) is 0 Å². The van der Waals surface area contributed by atoms with Crippen LogP contribution in [0.15, 0.2) is 41.0 Å². The van der Waals surface area contributed by atoms with Gasteiger partial charge in [0.2, 0.25) is 0 Å². The van der Waals surface area contributed by atoms with E-state index in [0.29, 0.717) is 0 Å². The molecule has 2 rings (SSSR count). The summed E-state index contributed by atoms with van der Waals surface area (Å²) < 4.78 is 5.32. The third-order valence-corrected chi connectivity index (χ3v) is 1.88. The highest BCUT2D eigenvalue weighted by Gasteiger charge is 1.99. The van der Waals surface area contributed by atoms with Gasteiger partial charge in [0.25, 0.3) is 0 Å². The van der Waals surface area contributed by atoms with Crippen LogP contribution in [0.4, 0.5) is 0 Å². The molecule has 0 bridgehead atoms. The van der Waals surface area contributed by atoms with Gasteiger partial charge in [0.1, 0.15) is 5.58 Å². The molecule has 0 saturated heterocycles. The largest absolute Gasteiger partial charge is 0.464 e. The number of benzene rings is 1. The number of fused-ring (bicyclic) bond motifs is 1. The van der Waals surface area contributed by atoms with Crippen LogP contribution in [0.2, 0.25) is 0 Å². The molecule has 2 nitrogen and oxygen atoms in total. The Hall–Kier alpha value is -1.83. The van der Waals surface area contributed by atoms with Gasteiger partial charge in [-0.1, -0.05) is 18.2 Å². The first-order valence-corrected chi connectivity index (χ1v) is 4.05. The Bertz CT molecular complexity index is 454. The first-order chi connectivity index (χ1) is 6.42. The van der Waals surface area contributed by atoms with Crippen LogP contribution in [0.5, 0.6) is 0 Å². The predicted octanol–water partition coefficient (Wildman–Crippen LogP) is 3.10. The topological polar surface area (TPSA) is 37.0 Å². The zero-order chi connectivity index (χ0) is 9.10. The van der Waals surface area contributed by atoms with Crippen LogP contribution in [-0.2, 0) is 0 Å². The van der Waals surface area contributed by atoms with Gasteiger partial charge in [0, 0.05) is 17.2 Å². The molecule has 0 saturated carbocycles. The second-order valence-corrected chi connectivity index (χ2v) is 2.71. The average Bonchev–Trinajstić information content (AvgIpc) is 2.58. The van der Waals surface area contributed by atoms with Crippen molar-refractivity contribution in [1.29, 1.82) is 5.41 Å². The van der Waals surface area contributed by atoms with Crippen molar-refractivity contribution in [2.75, 3.05) is 0 Å². The summed E-state index contributed by atoms with van der Waals surface area (Å²) in [6, 6.07) is 7.84. The quantitative estimate of drug-likeness (QED) is 0.692. The number of para-hydroxylation sites is 1. The predicted molar refractivity (Wildman–Crippen MR) is 54.0 cm³/mol. The molecule has 0 spiro atoms. The van der Waals surface area contributed by atoms with Gasteiger partial charge in [-0.05, 0) is 18.2 Å². The second-order valence-electron chi connectivity index (χ2n) is 2.71. The van der Waals surface area contributed by atoms with Crippen molar-refractivity contribution >= 4 is 23.3 Å². The lowest BCUT2D eigenvalue weighted by Crippen LogP contribution is -1.67. The highest BCUT2D eigenvalue weighted by molar-refractivity contribution is 5.89. The molecular formula is C11H9NO. The summed E-state index contributed by atoms with van der Waals surface area (Å²) >= 11 is 0. The van der Waals surface area contributed by atoms with Crippen LogP contribution in [0.25, 0.3) is 17.0 Å². The third kappa shape index (κ3) is 1.38. The summed E-state index contributed by atoms with van der Waals surface area (Å²) in [6.07, 6.45) is 6.49. The van der Waals surface area contributed by atoms with Gasteiger partial charge in [-0.2, -0.15) is 0 Å². The summed E-state index contributed by atoms with van der Waals surface area (Å²) in [5.74, 6) is 0. The maximum atomic E-state index is 6.87. The number of furan rings is 1. The maximum Gasteiger partial charge on any atom is 0.134 e. The van der Waals surface area contributed by atoms with Gasteiger partial charge >= 0.3 is 0 Å². The summed E-state index contributed by atoms with van der Waals surface area (Å²) in [5.41, 5.74) is 1.89. The summed E-state index contributed by atoms with van der Waals surface area (Å²) in [6.45, 7) is 0. The highest BCUT2D eigenvalue weighted by atomic mass is 16.3. The lowest BCUT2D eigenvalue weighted by atomic mass is 10.2. The van der Waals surface area contributed by atoms with E-state index in [4.69, 9.17) is 9.83 Å². The first kappa shape index (κ1) is 7.80. The Morgan fingerprint density at radius 2 is 2.08 bits per heavy atom. The van der Waals surface area contributed by atoms with Crippen LogP contribution in [0.3, 0.4) is 0 Å². The van der Waals surface area contributed by atoms with E-state index >= 15 is 0 Å². The van der Waals surface area contributed by atoms with E-state index in [2.05, 4.69) is 0 Å². The summed E-state index contributed by atoms with van der Waals surface area (Å²) in [7, 11) is 0. The second kappa shape index (κ2) is 3.27. The Morgan fingerprint density at radius 3 is 2.92 bits per heavy atom. The normalized spacial score (nSPS) is 11.1. The maximum absolute atomic E-state index is 6.87. The molecule has 0 unspecified atom stereocenters. The number of rotatable bonds is 2. The zero-order valence-corrected chi connectivity index (χ0v) is 7.03. The molecule has 2 heteroatoms. The van der Waals surface area contributed by atoms with E-state index < -0.39 is 0 Å². The van der Waals surface area contributed by atoms with Crippen molar-refractivity contribution in [1.82, 2.24) is 0 Å². The number of allylic oxidation sites excluding steroid dienone is 1. The van der Waals surface area contributed by atoms with Gasteiger partial charge in [-0.25, -0.2) is 0 Å². The lowest BCUT2D eigenvalue weighted by Gasteiger charge is -1.86. The molecular weight excluding hydrogens is 162 g/mol. The van der Waals surface area contributed by atoms with Crippen LogP contribution >= 0.6 is 0 Å². The molecule has 0 aliphatic carbocycles. The summed E-state index contributed by atoms with van der Waals surface area (Å²) in [4.78, 5) is 0. The minimum Gasteiger partial charge on any atom is -0.464 e. The average molecular weight is 171 g/mol. The Kier molecular flexibility index (Phi) is 1.96. The first-order valence-electron chi connectivity index (χ1n) is 4.05. The Labute approximate surface area is 76.0 Å². The van der Waals surface area contributed by atoms with Crippen LogP contribution in [0.1, 0.15) is 5.56 Å². The van der Waals surface area contributed by atoms with Gasteiger partial charge in [0.05, 0.1) is 6.26 Å². The van der Waals surface area contributed by atoms with Crippen LogP contribution in [-0.4, -0.2) is 6.21 Å². The monoisotopic (exact) mass is 171 g/mol. The SMILES string of the molecule is N=C/C=C\c1coc2ccccc12. The molecule has 1 aromatic heterocycles. The zero-order valence-electron chi connectivity index (χ0n) is 7.03. The van der Waals surface area contributed by atoms with Gasteiger partial charge in [-0.15, -0.1) is 0 Å². The minimum absolute atomic E-state index is 0.882. The molecule has 1 aromatic carbocycles. The molecule has 0 aliphatic rings. The fourth-order valence-corrected chi connectivity index (χ4v) is 1.28. The van der Waals surface area contributed by atoms with Crippen molar-refractivity contribution in [3.05, 3.63) is 42.2 Å². The smallest absolute Gasteiger partial charge is 0.134 e. The van der Waals surface area contributed by atoms with Gasteiger partial charge in [0.15, 0.2) is 0 Å². The van der Waals surface area contributed by atoms with E-state index in [0.717, 1.165) is 16.5 Å². The molecule has 13 heavy (non-hydrogen) atoms. The molecule has 0 amide bonds. The third-order valence-electron chi connectivity index (χ3n) is 1.88. The van der Waals surface area contributed by atoms with E-state index in [1.165, 1.54) is 6.21 Å². The summed E-state index contributed by atoms with van der Waals surface area (Å²) in [5, 5.41) is 7.95. The van der Waals surface area contributed by atoms with E-state index in [1.807, 2.05) is 30.3 Å². The molecule has 1 N–H and O–H groups in total. The molecule has 64 valence electrons. The Balaban J connectivity index is 2.57. The minimum atomic E-state index is 0.882. The van der Waals surface area contributed by atoms with Crippen molar-refractivity contribution < 1.29 is 4.42 Å². The lowest BCUT2D eigenvalue weighted by molar-refractivity contribution is 0.615.